The molecular formula is C22H23NO4S. The van der Waals surface area contributed by atoms with E-state index in [1.807, 2.05) is 37.3 Å². The van der Waals surface area contributed by atoms with Crippen LogP contribution < -0.4 is 14.2 Å². The van der Waals surface area contributed by atoms with Gasteiger partial charge in [0, 0.05) is 5.69 Å². The molecule has 0 spiro atoms. The van der Waals surface area contributed by atoms with Gasteiger partial charge in [-0.1, -0.05) is 30.3 Å². The van der Waals surface area contributed by atoms with E-state index in [0.29, 0.717) is 29.4 Å². The minimum Gasteiger partial charge on any atom is -0.496 e. The summed E-state index contributed by atoms with van der Waals surface area (Å²) in [6.07, 6.45) is 0. The normalized spacial score (nSPS) is 11.1. The fraction of sp³-hybridized carbons (Fsp3) is 0.182. The quantitative estimate of drug-likeness (QED) is 0.628. The Hall–Kier alpha value is -2.99. The molecule has 0 unspecified atom stereocenters. The summed E-state index contributed by atoms with van der Waals surface area (Å²) in [6.45, 7) is 4.02. The molecule has 0 atom stereocenters. The Balaban J connectivity index is 1.72. The summed E-state index contributed by atoms with van der Waals surface area (Å²) in [4.78, 5) is 0.232. The van der Waals surface area contributed by atoms with Crippen molar-refractivity contribution in [3.8, 4) is 11.5 Å². The molecule has 146 valence electrons. The van der Waals surface area contributed by atoms with Crippen molar-refractivity contribution in [3.63, 3.8) is 0 Å². The van der Waals surface area contributed by atoms with Crippen LogP contribution in [0.1, 0.15) is 16.7 Å². The van der Waals surface area contributed by atoms with E-state index in [2.05, 4.69) is 4.72 Å². The van der Waals surface area contributed by atoms with Gasteiger partial charge in [-0.05, 0) is 66.9 Å². The highest BCUT2D eigenvalue weighted by atomic mass is 32.2. The number of benzene rings is 3. The molecule has 3 aromatic carbocycles. The van der Waals surface area contributed by atoms with Crippen molar-refractivity contribution in [2.45, 2.75) is 25.3 Å². The molecule has 0 aliphatic rings. The molecule has 1 N–H and O–H groups in total. The molecule has 0 bridgehead atoms. The van der Waals surface area contributed by atoms with Gasteiger partial charge >= 0.3 is 0 Å². The highest BCUT2D eigenvalue weighted by Crippen LogP contribution is 2.27. The van der Waals surface area contributed by atoms with Crippen LogP contribution in [0.2, 0.25) is 0 Å². The number of nitrogens with one attached hydrogen (secondary N) is 1. The van der Waals surface area contributed by atoms with Crippen LogP contribution >= 0.6 is 0 Å². The Morgan fingerprint density at radius 1 is 0.893 bits per heavy atom. The summed E-state index contributed by atoms with van der Waals surface area (Å²) < 4.78 is 39.2. The van der Waals surface area contributed by atoms with Crippen molar-refractivity contribution in [2.24, 2.45) is 0 Å². The molecule has 0 amide bonds. The number of hydrogen-bond acceptors (Lipinski definition) is 4. The van der Waals surface area contributed by atoms with E-state index in [-0.39, 0.29) is 4.90 Å². The molecule has 28 heavy (non-hydrogen) atoms. The third-order valence-electron chi connectivity index (χ3n) is 4.34. The molecule has 0 fully saturated rings. The van der Waals surface area contributed by atoms with E-state index >= 15 is 0 Å². The number of ether oxygens (including phenoxy) is 2. The summed E-state index contributed by atoms with van der Waals surface area (Å²) in [5.74, 6) is 1.33. The van der Waals surface area contributed by atoms with Crippen LogP contribution in [0.4, 0.5) is 5.69 Å². The summed E-state index contributed by atoms with van der Waals surface area (Å²) >= 11 is 0. The van der Waals surface area contributed by atoms with Gasteiger partial charge in [0.2, 0.25) is 0 Å². The lowest BCUT2D eigenvalue weighted by Gasteiger charge is -2.14. The van der Waals surface area contributed by atoms with Crippen molar-refractivity contribution in [1.29, 1.82) is 0 Å². The summed E-state index contributed by atoms with van der Waals surface area (Å²) in [6, 6.07) is 20.0. The predicted molar refractivity (Wildman–Crippen MR) is 110 cm³/mol. The van der Waals surface area contributed by atoms with Crippen LogP contribution in [-0.4, -0.2) is 15.5 Å². The fourth-order valence-corrected chi connectivity index (χ4v) is 4.21. The Morgan fingerprint density at radius 2 is 1.57 bits per heavy atom. The zero-order valence-electron chi connectivity index (χ0n) is 16.1. The molecular weight excluding hydrogens is 374 g/mol. The summed E-state index contributed by atoms with van der Waals surface area (Å²) in [7, 11) is -2.14. The van der Waals surface area contributed by atoms with Gasteiger partial charge in [-0.15, -0.1) is 0 Å². The maximum absolute atomic E-state index is 12.8. The zero-order valence-corrected chi connectivity index (χ0v) is 16.9. The average molecular weight is 397 g/mol. The zero-order chi connectivity index (χ0) is 20.1. The predicted octanol–water partition coefficient (Wildman–Crippen LogP) is 4.69. The summed E-state index contributed by atoms with van der Waals surface area (Å²) in [5, 5.41) is 0. The molecule has 0 radical (unpaired) electrons. The van der Waals surface area contributed by atoms with Gasteiger partial charge in [-0.25, -0.2) is 8.42 Å². The Kier molecular flexibility index (Phi) is 5.90. The van der Waals surface area contributed by atoms with Gasteiger partial charge < -0.3 is 9.47 Å². The lowest BCUT2D eigenvalue weighted by atomic mass is 10.1. The Bertz CT molecular complexity index is 1050. The maximum Gasteiger partial charge on any atom is 0.262 e. The first-order chi connectivity index (χ1) is 13.4. The van der Waals surface area contributed by atoms with Crippen LogP contribution in [0.3, 0.4) is 0 Å². The Labute approximate surface area is 166 Å². The van der Waals surface area contributed by atoms with Gasteiger partial charge in [0.1, 0.15) is 18.1 Å². The minimum atomic E-state index is -3.71. The minimum absolute atomic E-state index is 0.232. The number of aryl methyl sites for hydroxylation is 2. The monoisotopic (exact) mass is 397 g/mol. The van der Waals surface area contributed by atoms with Gasteiger partial charge in [0.05, 0.1) is 12.0 Å². The highest BCUT2D eigenvalue weighted by molar-refractivity contribution is 7.92. The molecule has 5 nitrogen and oxygen atoms in total. The number of methoxy groups -OCH3 is 1. The van der Waals surface area contributed by atoms with Crippen LogP contribution in [0, 0.1) is 13.8 Å². The number of rotatable bonds is 7. The lowest BCUT2D eigenvalue weighted by Crippen LogP contribution is -2.14. The van der Waals surface area contributed by atoms with Gasteiger partial charge in [-0.3, -0.25) is 4.72 Å². The van der Waals surface area contributed by atoms with Crippen molar-refractivity contribution >= 4 is 15.7 Å². The number of hydrogen-bond donors (Lipinski definition) is 1. The Morgan fingerprint density at radius 3 is 2.21 bits per heavy atom. The second kappa shape index (κ2) is 8.35. The van der Waals surface area contributed by atoms with E-state index in [1.165, 1.54) is 0 Å². The molecule has 0 heterocycles. The van der Waals surface area contributed by atoms with Crippen molar-refractivity contribution < 1.29 is 17.9 Å². The van der Waals surface area contributed by atoms with Crippen molar-refractivity contribution in [1.82, 2.24) is 0 Å². The highest BCUT2D eigenvalue weighted by Gasteiger charge is 2.19. The maximum atomic E-state index is 12.8. The fourth-order valence-electron chi connectivity index (χ4n) is 2.84. The SMILES string of the molecule is COc1cc(C)c(S(=O)(=O)Nc2ccc(OCc3ccccc3)cc2)cc1C. The molecule has 0 aliphatic heterocycles. The largest absolute Gasteiger partial charge is 0.496 e. The molecule has 0 saturated carbocycles. The van der Waals surface area contributed by atoms with E-state index in [1.54, 1.807) is 50.4 Å². The van der Waals surface area contributed by atoms with E-state index in [9.17, 15) is 8.42 Å². The van der Waals surface area contributed by atoms with Crippen molar-refractivity contribution in [2.75, 3.05) is 11.8 Å². The van der Waals surface area contributed by atoms with E-state index < -0.39 is 10.0 Å². The third kappa shape index (κ3) is 4.64. The average Bonchev–Trinajstić information content (AvgIpc) is 2.69. The lowest BCUT2D eigenvalue weighted by molar-refractivity contribution is 0.306. The second-order valence-corrected chi connectivity index (χ2v) is 8.14. The van der Waals surface area contributed by atoms with Crippen LogP contribution in [-0.2, 0) is 16.6 Å². The van der Waals surface area contributed by atoms with Crippen LogP contribution in [0.15, 0.2) is 71.6 Å². The van der Waals surface area contributed by atoms with Crippen molar-refractivity contribution in [3.05, 3.63) is 83.4 Å². The molecule has 0 aliphatic carbocycles. The van der Waals surface area contributed by atoms with Crippen LogP contribution in [0.5, 0.6) is 11.5 Å². The molecule has 3 aromatic rings. The first-order valence-electron chi connectivity index (χ1n) is 8.84. The van der Waals surface area contributed by atoms with Gasteiger partial charge in [0.25, 0.3) is 10.0 Å². The first-order valence-corrected chi connectivity index (χ1v) is 10.3. The number of anilines is 1. The number of sulfonamides is 1. The molecule has 6 heteroatoms. The third-order valence-corrected chi connectivity index (χ3v) is 5.86. The second-order valence-electron chi connectivity index (χ2n) is 6.49. The van der Waals surface area contributed by atoms with E-state index in [4.69, 9.17) is 9.47 Å². The topological polar surface area (TPSA) is 64.6 Å². The summed E-state index contributed by atoms with van der Waals surface area (Å²) in [5.41, 5.74) is 2.92. The first kappa shape index (κ1) is 19.8. The van der Waals surface area contributed by atoms with Gasteiger partial charge in [-0.2, -0.15) is 0 Å². The molecule has 3 rings (SSSR count). The molecule has 0 saturated heterocycles. The van der Waals surface area contributed by atoms with Gasteiger partial charge in [0.15, 0.2) is 0 Å². The van der Waals surface area contributed by atoms with E-state index in [0.717, 1.165) is 11.1 Å². The smallest absolute Gasteiger partial charge is 0.262 e. The molecule has 0 aromatic heterocycles. The standard InChI is InChI=1S/C22H23NO4S/c1-16-14-22(17(2)13-21(16)26-3)28(24,25)23-19-9-11-20(12-10-19)27-15-18-7-5-4-6-8-18/h4-14,23H,15H2,1-3H3. The van der Waals surface area contributed by atoms with Crippen LogP contribution in [0.25, 0.3) is 0 Å².